The van der Waals surface area contributed by atoms with E-state index in [-0.39, 0.29) is 23.8 Å². The largest absolute Gasteiger partial charge is 0.378 e. The molecule has 36 heavy (non-hydrogen) atoms. The van der Waals surface area contributed by atoms with E-state index in [9.17, 15) is 19.6 Å². The summed E-state index contributed by atoms with van der Waals surface area (Å²) in [6, 6.07) is 7.30. The van der Waals surface area contributed by atoms with Gasteiger partial charge in [0, 0.05) is 31.0 Å². The first kappa shape index (κ1) is 25.0. The van der Waals surface area contributed by atoms with Crippen molar-refractivity contribution in [2.45, 2.75) is 57.4 Å². The number of hydroxylamine groups is 2. The number of anilines is 2. The predicted octanol–water partition coefficient (Wildman–Crippen LogP) is 2.89. The van der Waals surface area contributed by atoms with E-state index in [0.717, 1.165) is 57.3 Å². The maximum Gasteiger partial charge on any atom is 0.247 e. The van der Waals surface area contributed by atoms with Crippen LogP contribution in [-0.4, -0.2) is 78.8 Å². The number of likely N-dealkylation sites (tertiary alicyclic amines) is 1. The highest BCUT2D eigenvalue weighted by atomic mass is 16.5. The zero-order valence-electron chi connectivity index (χ0n) is 20.9. The summed E-state index contributed by atoms with van der Waals surface area (Å²) in [6.07, 6.45) is 8.19. The Bertz CT molecular complexity index is 938. The van der Waals surface area contributed by atoms with Gasteiger partial charge in [0.2, 0.25) is 18.2 Å². The average Bonchev–Trinajstić information content (AvgIpc) is 3.27. The van der Waals surface area contributed by atoms with Gasteiger partial charge >= 0.3 is 0 Å². The zero-order chi connectivity index (χ0) is 25.1. The lowest BCUT2D eigenvalue weighted by atomic mass is 9.91. The maximum atomic E-state index is 13.8. The van der Waals surface area contributed by atoms with Crippen LogP contribution in [0.2, 0.25) is 0 Å². The van der Waals surface area contributed by atoms with E-state index in [2.05, 4.69) is 10.2 Å². The van der Waals surface area contributed by atoms with Crippen molar-refractivity contribution in [1.82, 2.24) is 9.96 Å². The van der Waals surface area contributed by atoms with E-state index in [4.69, 9.17) is 4.74 Å². The van der Waals surface area contributed by atoms with Gasteiger partial charge in [-0.05, 0) is 61.3 Å². The molecule has 9 heteroatoms. The monoisotopic (exact) mass is 498 g/mol. The standard InChI is InChI=1S/C27H38N4O5/c32-19-30(35)17-21(15-20-3-1-2-4-20)26(34)31-18-27(9-10-27)16-24(31)25(33)28-22-5-7-23(8-6-22)29-11-13-36-14-12-29/h5-8,19-21,24,35H,1-4,9-18H2,(H,28,33)/t21?,24-/m0/s1. The van der Waals surface area contributed by atoms with Crippen molar-refractivity contribution >= 4 is 29.6 Å². The van der Waals surface area contributed by atoms with Crippen LogP contribution in [0, 0.1) is 17.3 Å². The lowest BCUT2D eigenvalue weighted by Gasteiger charge is -2.30. The van der Waals surface area contributed by atoms with E-state index in [0.29, 0.717) is 55.7 Å². The highest BCUT2D eigenvalue weighted by molar-refractivity contribution is 5.98. The summed E-state index contributed by atoms with van der Waals surface area (Å²) in [5.74, 6) is -0.356. The van der Waals surface area contributed by atoms with E-state index in [1.54, 1.807) is 4.90 Å². The van der Waals surface area contributed by atoms with E-state index < -0.39 is 12.0 Å². The molecule has 0 aromatic heterocycles. The molecule has 4 aliphatic rings. The van der Waals surface area contributed by atoms with Crippen LogP contribution in [0.4, 0.5) is 11.4 Å². The molecule has 196 valence electrons. The SMILES string of the molecule is O=CN(O)CC(CC1CCCC1)C(=O)N1CC2(CC2)C[C@H]1C(=O)Nc1ccc(N2CCOCC2)cc1. The molecule has 1 unspecified atom stereocenters. The fourth-order valence-corrected chi connectivity index (χ4v) is 6.27. The van der Waals surface area contributed by atoms with Gasteiger partial charge in [-0.15, -0.1) is 0 Å². The van der Waals surface area contributed by atoms with Crippen LogP contribution >= 0.6 is 0 Å². The van der Waals surface area contributed by atoms with Crippen LogP contribution in [0.1, 0.15) is 51.4 Å². The summed E-state index contributed by atoms with van der Waals surface area (Å²) in [6.45, 7) is 3.69. The second kappa shape index (κ2) is 10.8. The summed E-state index contributed by atoms with van der Waals surface area (Å²) >= 11 is 0. The van der Waals surface area contributed by atoms with Crippen molar-refractivity contribution in [2.24, 2.45) is 17.3 Å². The first-order chi connectivity index (χ1) is 17.5. The van der Waals surface area contributed by atoms with Crippen LogP contribution in [0.25, 0.3) is 0 Å². The second-order valence-electron chi connectivity index (χ2n) is 11.1. The molecule has 3 amide bonds. The number of amides is 3. The van der Waals surface area contributed by atoms with Crippen molar-refractivity contribution in [2.75, 3.05) is 49.6 Å². The summed E-state index contributed by atoms with van der Waals surface area (Å²) < 4.78 is 5.42. The normalized spacial score (nSPS) is 24.1. The minimum atomic E-state index is -0.534. The van der Waals surface area contributed by atoms with E-state index in [1.165, 1.54) is 0 Å². The van der Waals surface area contributed by atoms with Crippen LogP contribution < -0.4 is 10.2 Å². The predicted molar refractivity (Wildman–Crippen MR) is 135 cm³/mol. The van der Waals surface area contributed by atoms with Gasteiger partial charge in [-0.1, -0.05) is 25.7 Å². The molecule has 1 spiro atoms. The number of carbonyl (C=O) groups is 3. The van der Waals surface area contributed by atoms with Crippen molar-refractivity contribution < 1.29 is 24.3 Å². The molecule has 2 heterocycles. The Hall–Kier alpha value is -2.65. The average molecular weight is 499 g/mol. The van der Waals surface area contributed by atoms with Gasteiger partial charge in [-0.2, -0.15) is 0 Å². The first-order valence-corrected chi connectivity index (χ1v) is 13.4. The smallest absolute Gasteiger partial charge is 0.247 e. The van der Waals surface area contributed by atoms with Gasteiger partial charge in [-0.25, -0.2) is 5.06 Å². The van der Waals surface area contributed by atoms with Crippen LogP contribution in [-0.2, 0) is 19.1 Å². The first-order valence-electron chi connectivity index (χ1n) is 13.4. The lowest BCUT2D eigenvalue weighted by molar-refractivity contribution is -0.158. The lowest BCUT2D eigenvalue weighted by Crippen LogP contribution is -2.48. The molecular formula is C27H38N4O5. The molecule has 2 aliphatic carbocycles. The number of carbonyl (C=O) groups excluding carboxylic acids is 3. The highest BCUT2D eigenvalue weighted by Gasteiger charge is 2.55. The van der Waals surface area contributed by atoms with Gasteiger partial charge < -0.3 is 19.9 Å². The molecule has 2 saturated carbocycles. The molecule has 1 aromatic carbocycles. The number of ether oxygens (including phenoxy) is 1. The third-order valence-corrected chi connectivity index (χ3v) is 8.53. The molecule has 2 N–H and O–H groups in total. The molecule has 2 aliphatic heterocycles. The Morgan fingerprint density at radius 3 is 2.50 bits per heavy atom. The fraction of sp³-hybridized carbons (Fsp3) is 0.667. The summed E-state index contributed by atoms with van der Waals surface area (Å²) in [5.41, 5.74) is 1.86. The van der Waals surface area contributed by atoms with Gasteiger partial charge in [0.25, 0.3) is 0 Å². The Balaban J connectivity index is 1.27. The molecule has 2 atom stereocenters. The van der Waals surface area contributed by atoms with Gasteiger partial charge in [0.1, 0.15) is 6.04 Å². The number of hydrogen-bond donors (Lipinski definition) is 2. The summed E-state index contributed by atoms with van der Waals surface area (Å²) in [4.78, 5) is 42.3. The molecule has 0 bridgehead atoms. The number of hydrogen-bond acceptors (Lipinski definition) is 6. The maximum absolute atomic E-state index is 13.8. The molecular weight excluding hydrogens is 460 g/mol. The molecule has 4 fully saturated rings. The summed E-state index contributed by atoms with van der Waals surface area (Å²) in [5, 5.41) is 13.5. The van der Waals surface area contributed by atoms with E-state index in [1.807, 2.05) is 24.3 Å². The zero-order valence-corrected chi connectivity index (χ0v) is 20.9. The Morgan fingerprint density at radius 2 is 1.86 bits per heavy atom. The topological polar surface area (TPSA) is 102 Å². The number of nitrogens with one attached hydrogen (secondary N) is 1. The van der Waals surface area contributed by atoms with Crippen molar-refractivity contribution in [1.29, 1.82) is 0 Å². The molecule has 1 aromatic rings. The highest BCUT2D eigenvalue weighted by Crippen LogP contribution is 2.55. The number of morpholine rings is 1. The molecule has 5 rings (SSSR count). The molecule has 9 nitrogen and oxygen atoms in total. The molecule has 0 radical (unpaired) electrons. The van der Waals surface area contributed by atoms with Crippen molar-refractivity contribution in [3.8, 4) is 0 Å². The Kier molecular flexibility index (Phi) is 7.48. The van der Waals surface area contributed by atoms with Crippen molar-refractivity contribution in [3.05, 3.63) is 24.3 Å². The van der Waals surface area contributed by atoms with Gasteiger partial charge in [-0.3, -0.25) is 19.6 Å². The summed E-state index contributed by atoms with van der Waals surface area (Å²) in [7, 11) is 0. The van der Waals surface area contributed by atoms with Crippen LogP contribution in [0.3, 0.4) is 0 Å². The van der Waals surface area contributed by atoms with Crippen LogP contribution in [0.5, 0.6) is 0 Å². The van der Waals surface area contributed by atoms with Gasteiger partial charge in [0.05, 0.1) is 25.7 Å². The minimum absolute atomic E-state index is 0.0281. The third-order valence-electron chi connectivity index (χ3n) is 8.53. The Labute approximate surface area is 212 Å². The van der Waals surface area contributed by atoms with Crippen LogP contribution in [0.15, 0.2) is 24.3 Å². The number of benzene rings is 1. The molecule has 2 saturated heterocycles. The quantitative estimate of drug-likeness (QED) is 0.308. The van der Waals surface area contributed by atoms with E-state index >= 15 is 0 Å². The second-order valence-corrected chi connectivity index (χ2v) is 11.1. The minimum Gasteiger partial charge on any atom is -0.378 e. The van der Waals surface area contributed by atoms with Gasteiger partial charge in [0.15, 0.2) is 0 Å². The fourth-order valence-electron chi connectivity index (χ4n) is 6.27. The Morgan fingerprint density at radius 1 is 1.17 bits per heavy atom. The number of nitrogens with zero attached hydrogens (tertiary/aromatic N) is 3. The number of rotatable bonds is 9. The third kappa shape index (κ3) is 5.67. The van der Waals surface area contributed by atoms with Crippen molar-refractivity contribution in [3.63, 3.8) is 0 Å².